The first-order valence-corrected chi connectivity index (χ1v) is 5.86. The van der Waals surface area contributed by atoms with Gasteiger partial charge in [-0.15, -0.1) is 58.0 Å². The molecule has 0 aliphatic rings. The highest BCUT2D eigenvalue weighted by atomic mass is 35.5. The van der Waals surface area contributed by atoms with Gasteiger partial charge in [0.15, 0.2) is 0 Å². The fraction of sp³-hybridized carbons (Fsp3) is 1.00. The second kappa shape index (κ2) is 6.84. The summed E-state index contributed by atoms with van der Waals surface area (Å²) in [5, 5.41) is 0. The summed E-state index contributed by atoms with van der Waals surface area (Å²) in [4.78, 5) is -0.504. The van der Waals surface area contributed by atoms with Gasteiger partial charge in [0, 0.05) is 12.3 Å². The Morgan fingerprint density at radius 2 is 1.67 bits per heavy atom. The van der Waals surface area contributed by atoms with Gasteiger partial charge in [-0.05, 0) is 19.3 Å². The largest absolute Gasteiger partial charge is 0.127 e. The van der Waals surface area contributed by atoms with E-state index in [4.69, 9.17) is 58.0 Å². The molecule has 0 saturated heterocycles. The standard InChI is InChI=1S/C7H11Cl5/c8-4-2-1-3-7(11,12)5-6(9)10/h6H,1-5H2. The number of alkyl halides is 5. The molecule has 0 N–H and O–H groups in total. The molecule has 0 nitrogen and oxygen atoms in total. The van der Waals surface area contributed by atoms with E-state index in [1.165, 1.54) is 0 Å². The maximum atomic E-state index is 5.92. The van der Waals surface area contributed by atoms with Crippen LogP contribution in [0.5, 0.6) is 0 Å². The van der Waals surface area contributed by atoms with Gasteiger partial charge in [-0.2, -0.15) is 0 Å². The van der Waals surface area contributed by atoms with Gasteiger partial charge < -0.3 is 0 Å². The molecule has 0 bridgehead atoms. The molecule has 0 aliphatic carbocycles. The average molecular weight is 272 g/mol. The van der Waals surface area contributed by atoms with Gasteiger partial charge in [-0.3, -0.25) is 0 Å². The number of halogens is 5. The molecule has 12 heavy (non-hydrogen) atoms. The molecule has 0 atom stereocenters. The third-order valence-corrected chi connectivity index (χ3v) is 2.64. The summed E-state index contributed by atoms with van der Waals surface area (Å²) in [5.74, 6) is 0.634. The van der Waals surface area contributed by atoms with Gasteiger partial charge in [0.1, 0.15) is 9.17 Å². The van der Waals surface area contributed by atoms with E-state index in [2.05, 4.69) is 0 Å². The zero-order valence-electron chi connectivity index (χ0n) is 6.50. The summed E-state index contributed by atoms with van der Waals surface area (Å²) >= 11 is 28.4. The molecule has 0 unspecified atom stereocenters. The maximum Gasteiger partial charge on any atom is 0.120 e. The molecule has 0 aliphatic heterocycles. The Kier molecular flexibility index (Phi) is 7.66. The highest BCUT2D eigenvalue weighted by Crippen LogP contribution is 2.34. The maximum absolute atomic E-state index is 5.92. The first-order valence-electron chi connectivity index (χ1n) is 3.70. The second-order valence-corrected chi connectivity index (χ2v) is 5.89. The normalized spacial score (nSPS) is 12.5. The molecule has 0 radical (unpaired) electrons. The van der Waals surface area contributed by atoms with Crippen molar-refractivity contribution in [1.29, 1.82) is 0 Å². The quantitative estimate of drug-likeness (QED) is 0.483. The van der Waals surface area contributed by atoms with Crippen LogP contribution in [-0.4, -0.2) is 15.0 Å². The zero-order chi connectivity index (χ0) is 9.61. The lowest BCUT2D eigenvalue weighted by Crippen LogP contribution is -2.16. The summed E-state index contributed by atoms with van der Waals surface area (Å²) < 4.78 is -0.805. The van der Waals surface area contributed by atoms with E-state index in [-0.39, 0.29) is 0 Å². The molecule has 0 aromatic rings. The predicted molar refractivity (Wildman–Crippen MR) is 59.1 cm³/mol. The number of rotatable bonds is 6. The Bertz CT molecular complexity index is 112. The van der Waals surface area contributed by atoms with Gasteiger partial charge in [0.05, 0.1) is 0 Å². The van der Waals surface area contributed by atoms with Crippen LogP contribution in [0, 0.1) is 0 Å². The minimum absolute atomic E-state index is 0.390. The fourth-order valence-electron chi connectivity index (χ4n) is 0.806. The molecule has 0 saturated carbocycles. The Balaban J connectivity index is 3.56. The lowest BCUT2D eigenvalue weighted by molar-refractivity contribution is 0.615. The molecule has 0 heterocycles. The van der Waals surface area contributed by atoms with Crippen molar-refractivity contribution in [2.24, 2.45) is 0 Å². The van der Waals surface area contributed by atoms with Crippen LogP contribution in [-0.2, 0) is 0 Å². The van der Waals surface area contributed by atoms with Crippen LogP contribution in [0.15, 0.2) is 0 Å². The Morgan fingerprint density at radius 1 is 1.08 bits per heavy atom. The summed E-state index contributed by atoms with van der Waals surface area (Å²) in [6, 6.07) is 0. The van der Waals surface area contributed by atoms with Gasteiger partial charge in [-0.1, -0.05) is 0 Å². The Morgan fingerprint density at radius 3 is 2.08 bits per heavy atom. The molecule has 0 spiro atoms. The van der Waals surface area contributed by atoms with Gasteiger partial charge in [-0.25, -0.2) is 0 Å². The molecule has 74 valence electrons. The number of hydrogen-bond acceptors (Lipinski definition) is 0. The van der Waals surface area contributed by atoms with Crippen molar-refractivity contribution in [3.05, 3.63) is 0 Å². The topological polar surface area (TPSA) is 0 Å². The summed E-state index contributed by atoms with van der Waals surface area (Å²) in [7, 11) is 0. The van der Waals surface area contributed by atoms with Gasteiger partial charge in [0.2, 0.25) is 0 Å². The van der Waals surface area contributed by atoms with Crippen molar-refractivity contribution in [1.82, 2.24) is 0 Å². The SMILES string of the molecule is ClCCCCC(Cl)(Cl)CC(Cl)Cl. The number of hydrogen-bond donors (Lipinski definition) is 0. The summed E-state index contributed by atoms with van der Waals surface area (Å²) in [5.41, 5.74) is 0. The van der Waals surface area contributed by atoms with Crippen LogP contribution in [0.25, 0.3) is 0 Å². The first-order chi connectivity index (χ1) is 5.48. The van der Waals surface area contributed by atoms with E-state index < -0.39 is 9.17 Å². The van der Waals surface area contributed by atoms with E-state index in [0.717, 1.165) is 12.8 Å². The minimum Gasteiger partial charge on any atom is -0.127 e. The van der Waals surface area contributed by atoms with Crippen LogP contribution in [0.2, 0.25) is 0 Å². The van der Waals surface area contributed by atoms with Crippen molar-refractivity contribution < 1.29 is 0 Å². The highest BCUT2D eigenvalue weighted by molar-refractivity contribution is 6.50. The molecule has 0 rings (SSSR count). The smallest absolute Gasteiger partial charge is 0.120 e. The van der Waals surface area contributed by atoms with Crippen molar-refractivity contribution in [3.8, 4) is 0 Å². The van der Waals surface area contributed by atoms with Crippen LogP contribution >= 0.6 is 58.0 Å². The lowest BCUT2D eigenvalue weighted by atomic mass is 10.1. The van der Waals surface area contributed by atoms with Crippen molar-refractivity contribution >= 4 is 58.0 Å². The third-order valence-electron chi connectivity index (χ3n) is 1.38. The minimum atomic E-state index is -0.805. The second-order valence-electron chi connectivity index (χ2n) is 2.60. The fourth-order valence-corrected chi connectivity index (χ4v) is 2.41. The van der Waals surface area contributed by atoms with E-state index in [9.17, 15) is 0 Å². The van der Waals surface area contributed by atoms with E-state index in [0.29, 0.717) is 18.7 Å². The van der Waals surface area contributed by atoms with Crippen LogP contribution in [0.4, 0.5) is 0 Å². The number of unbranched alkanes of at least 4 members (excludes halogenated alkanes) is 1. The molecule has 0 amide bonds. The third kappa shape index (κ3) is 8.07. The molecule has 5 heteroatoms. The molecule has 0 aromatic carbocycles. The van der Waals surface area contributed by atoms with E-state index in [1.807, 2.05) is 0 Å². The van der Waals surface area contributed by atoms with Crippen LogP contribution < -0.4 is 0 Å². The van der Waals surface area contributed by atoms with Crippen molar-refractivity contribution in [2.45, 2.75) is 34.9 Å². The zero-order valence-corrected chi connectivity index (χ0v) is 10.3. The van der Waals surface area contributed by atoms with Crippen LogP contribution in [0.3, 0.4) is 0 Å². The monoisotopic (exact) mass is 270 g/mol. The van der Waals surface area contributed by atoms with Crippen LogP contribution in [0.1, 0.15) is 25.7 Å². The molecule has 0 fully saturated rings. The lowest BCUT2D eigenvalue weighted by Gasteiger charge is -2.19. The summed E-state index contributed by atoms with van der Waals surface area (Å²) in [6.07, 6.45) is 2.88. The molecule has 0 aromatic heterocycles. The van der Waals surface area contributed by atoms with E-state index >= 15 is 0 Å². The van der Waals surface area contributed by atoms with Crippen molar-refractivity contribution in [3.63, 3.8) is 0 Å². The summed E-state index contributed by atoms with van der Waals surface area (Å²) in [6.45, 7) is 0. The van der Waals surface area contributed by atoms with E-state index in [1.54, 1.807) is 0 Å². The highest BCUT2D eigenvalue weighted by Gasteiger charge is 2.25. The van der Waals surface area contributed by atoms with Gasteiger partial charge >= 0.3 is 0 Å². The molecular weight excluding hydrogens is 261 g/mol. The predicted octanol–water partition coefficient (Wildman–Crippen LogP) is 4.76. The molecular formula is C7H11Cl5. The van der Waals surface area contributed by atoms with Gasteiger partial charge in [0.25, 0.3) is 0 Å². The average Bonchev–Trinajstić information content (AvgIpc) is 1.84. The Labute approximate surface area is 98.4 Å². The Hall–Kier alpha value is 1.45. The van der Waals surface area contributed by atoms with Crippen molar-refractivity contribution in [2.75, 3.05) is 5.88 Å². The first kappa shape index (κ1) is 13.4.